The molecule has 0 unspecified atom stereocenters. The topological polar surface area (TPSA) is 12.0 Å². The van der Waals surface area contributed by atoms with Crippen molar-refractivity contribution < 1.29 is 8.78 Å². The lowest BCUT2D eigenvalue weighted by atomic mass is 10.0. The van der Waals surface area contributed by atoms with Crippen molar-refractivity contribution in [2.24, 2.45) is 0 Å². The fraction of sp³-hybridized carbons (Fsp3) is 0.333. The fourth-order valence-corrected chi connectivity index (χ4v) is 1.76. The number of hydrogen-bond acceptors (Lipinski definition) is 1. The van der Waals surface area contributed by atoms with Gasteiger partial charge in [0.2, 0.25) is 0 Å². The van der Waals surface area contributed by atoms with E-state index in [1.54, 1.807) is 6.07 Å². The first-order valence-electron chi connectivity index (χ1n) is 5.12. The van der Waals surface area contributed by atoms with Crippen LogP contribution in [0.1, 0.15) is 18.4 Å². The Morgan fingerprint density at radius 3 is 2.73 bits per heavy atom. The van der Waals surface area contributed by atoms with Crippen LogP contribution in [0.2, 0.25) is 0 Å². The third-order valence-electron chi connectivity index (χ3n) is 2.57. The lowest BCUT2D eigenvalue weighted by Gasteiger charge is -2.05. The highest BCUT2D eigenvalue weighted by atomic mass is 19.2. The molecule has 0 atom stereocenters. The quantitative estimate of drug-likeness (QED) is 0.749. The van der Waals surface area contributed by atoms with Crippen LogP contribution in [0, 0.1) is 11.6 Å². The molecule has 0 bridgehead atoms. The van der Waals surface area contributed by atoms with Gasteiger partial charge in [-0.1, -0.05) is 12.1 Å². The van der Waals surface area contributed by atoms with Gasteiger partial charge in [-0.2, -0.15) is 0 Å². The Labute approximate surface area is 87.8 Å². The minimum atomic E-state index is -0.786. The van der Waals surface area contributed by atoms with Gasteiger partial charge in [-0.15, -0.1) is 0 Å². The molecule has 3 heteroatoms. The summed E-state index contributed by atoms with van der Waals surface area (Å²) < 4.78 is 25.8. The zero-order chi connectivity index (χ0) is 10.7. The largest absolute Gasteiger partial charge is 0.316 e. The van der Waals surface area contributed by atoms with Crippen LogP contribution in [-0.4, -0.2) is 13.1 Å². The van der Waals surface area contributed by atoms with Crippen molar-refractivity contribution in [3.8, 4) is 0 Å². The van der Waals surface area contributed by atoms with Gasteiger partial charge in [0.15, 0.2) is 11.6 Å². The van der Waals surface area contributed by atoms with Crippen LogP contribution in [0.5, 0.6) is 0 Å². The van der Waals surface area contributed by atoms with E-state index in [2.05, 4.69) is 11.4 Å². The monoisotopic (exact) mass is 209 g/mol. The predicted octanol–water partition coefficient (Wildman–Crippen LogP) is 2.73. The van der Waals surface area contributed by atoms with Crippen molar-refractivity contribution in [2.75, 3.05) is 13.1 Å². The average molecular weight is 209 g/mol. The van der Waals surface area contributed by atoms with Gasteiger partial charge in [0.25, 0.3) is 0 Å². The molecule has 15 heavy (non-hydrogen) atoms. The minimum Gasteiger partial charge on any atom is -0.316 e. The standard InChI is InChI=1S/C12H13F2N/c13-11-4-3-10(8-12(11)14)9-2-1-6-15-7-5-9/h2-4,8,15H,1,5-7H2. The SMILES string of the molecule is Fc1ccc(C2=CCCNCC2)cc1F. The van der Waals surface area contributed by atoms with Gasteiger partial charge in [-0.05, 0) is 49.2 Å². The maximum absolute atomic E-state index is 13.0. The molecule has 2 rings (SSSR count). The number of hydrogen-bond donors (Lipinski definition) is 1. The second-order valence-electron chi connectivity index (χ2n) is 3.65. The highest BCUT2D eigenvalue weighted by molar-refractivity contribution is 5.65. The molecule has 0 spiro atoms. The maximum atomic E-state index is 13.0. The molecular weight excluding hydrogens is 196 g/mol. The molecule has 1 aliphatic heterocycles. The lowest BCUT2D eigenvalue weighted by Crippen LogP contribution is -2.13. The zero-order valence-electron chi connectivity index (χ0n) is 8.39. The van der Waals surface area contributed by atoms with Gasteiger partial charge in [0, 0.05) is 0 Å². The highest BCUT2D eigenvalue weighted by Crippen LogP contribution is 2.21. The average Bonchev–Trinajstić information content (AvgIpc) is 2.50. The molecule has 0 fully saturated rings. The molecule has 0 radical (unpaired) electrons. The lowest BCUT2D eigenvalue weighted by molar-refractivity contribution is 0.508. The summed E-state index contributed by atoms with van der Waals surface area (Å²) in [6.07, 6.45) is 3.89. The van der Waals surface area contributed by atoms with Crippen molar-refractivity contribution in [2.45, 2.75) is 12.8 Å². The molecule has 1 aromatic rings. The molecular formula is C12H13F2N. The van der Waals surface area contributed by atoms with Gasteiger partial charge < -0.3 is 5.32 Å². The summed E-state index contributed by atoms with van der Waals surface area (Å²) in [7, 11) is 0. The molecule has 1 aromatic carbocycles. The number of halogens is 2. The van der Waals surface area contributed by atoms with E-state index in [1.807, 2.05) is 0 Å². The first-order chi connectivity index (χ1) is 7.27. The third kappa shape index (κ3) is 2.42. The maximum Gasteiger partial charge on any atom is 0.159 e. The summed E-state index contributed by atoms with van der Waals surface area (Å²) in [6.45, 7) is 1.85. The Bertz CT molecular complexity index is 385. The van der Waals surface area contributed by atoms with E-state index in [0.29, 0.717) is 0 Å². The van der Waals surface area contributed by atoms with Crippen LogP contribution in [-0.2, 0) is 0 Å². The van der Waals surface area contributed by atoms with Crippen LogP contribution in [0.3, 0.4) is 0 Å². The summed E-state index contributed by atoms with van der Waals surface area (Å²) in [5, 5.41) is 3.25. The van der Waals surface area contributed by atoms with Crippen LogP contribution in [0.4, 0.5) is 8.78 Å². The van der Waals surface area contributed by atoms with E-state index in [1.165, 1.54) is 12.1 Å². The van der Waals surface area contributed by atoms with Crippen molar-refractivity contribution >= 4 is 5.57 Å². The van der Waals surface area contributed by atoms with Crippen LogP contribution >= 0.6 is 0 Å². The molecule has 80 valence electrons. The van der Waals surface area contributed by atoms with Crippen molar-refractivity contribution in [3.05, 3.63) is 41.5 Å². The van der Waals surface area contributed by atoms with Gasteiger partial charge in [-0.3, -0.25) is 0 Å². The second-order valence-corrected chi connectivity index (χ2v) is 3.65. The Kier molecular flexibility index (Phi) is 3.11. The van der Waals surface area contributed by atoms with E-state index in [4.69, 9.17) is 0 Å². The molecule has 0 aromatic heterocycles. The summed E-state index contributed by atoms with van der Waals surface area (Å²) >= 11 is 0. The van der Waals surface area contributed by atoms with E-state index in [9.17, 15) is 8.78 Å². The molecule has 0 aliphatic carbocycles. The van der Waals surface area contributed by atoms with E-state index in [-0.39, 0.29) is 0 Å². The summed E-state index contributed by atoms with van der Waals surface area (Å²) in [6, 6.07) is 4.09. The van der Waals surface area contributed by atoms with Crippen LogP contribution < -0.4 is 5.32 Å². The van der Waals surface area contributed by atoms with Crippen molar-refractivity contribution in [3.63, 3.8) is 0 Å². The Morgan fingerprint density at radius 1 is 1.07 bits per heavy atom. The molecule has 0 amide bonds. The van der Waals surface area contributed by atoms with Gasteiger partial charge in [0.05, 0.1) is 0 Å². The van der Waals surface area contributed by atoms with Gasteiger partial charge in [0.1, 0.15) is 0 Å². The van der Waals surface area contributed by atoms with Gasteiger partial charge in [-0.25, -0.2) is 8.78 Å². The van der Waals surface area contributed by atoms with Gasteiger partial charge >= 0.3 is 0 Å². The van der Waals surface area contributed by atoms with Crippen LogP contribution in [0.15, 0.2) is 24.3 Å². The Balaban J connectivity index is 2.27. The normalized spacial score (nSPS) is 17.1. The zero-order valence-corrected chi connectivity index (χ0v) is 8.39. The summed E-state index contributed by atoms with van der Waals surface area (Å²) in [5.41, 5.74) is 1.89. The van der Waals surface area contributed by atoms with E-state index < -0.39 is 11.6 Å². The highest BCUT2D eigenvalue weighted by Gasteiger charge is 2.08. The number of rotatable bonds is 1. The molecule has 1 heterocycles. The van der Waals surface area contributed by atoms with Crippen LogP contribution in [0.25, 0.3) is 5.57 Å². The third-order valence-corrected chi connectivity index (χ3v) is 2.57. The molecule has 0 saturated heterocycles. The molecule has 1 aliphatic rings. The van der Waals surface area contributed by atoms with E-state index >= 15 is 0 Å². The molecule has 0 saturated carbocycles. The Hall–Kier alpha value is -1.22. The smallest absolute Gasteiger partial charge is 0.159 e. The molecule has 1 nitrogen and oxygen atoms in total. The number of nitrogens with one attached hydrogen (secondary N) is 1. The van der Waals surface area contributed by atoms with E-state index in [0.717, 1.165) is 37.1 Å². The summed E-state index contributed by atoms with van der Waals surface area (Å²) in [4.78, 5) is 0. The van der Waals surface area contributed by atoms with Crippen molar-refractivity contribution in [1.82, 2.24) is 5.32 Å². The fourth-order valence-electron chi connectivity index (χ4n) is 1.76. The second kappa shape index (κ2) is 4.53. The minimum absolute atomic E-state index is 0.773. The summed E-state index contributed by atoms with van der Waals surface area (Å²) in [5.74, 6) is -1.56. The first kappa shape index (κ1) is 10.3. The molecule has 1 N–H and O–H groups in total. The van der Waals surface area contributed by atoms with Crippen molar-refractivity contribution in [1.29, 1.82) is 0 Å². The Morgan fingerprint density at radius 2 is 1.93 bits per heavy atom. The first-order valence-corrected chi connectivity index (χ1v) is 5.12. The predicted molar refractivity (Wildman–Crippen MR) is 56.4 cm³/mol. The number of benzene rings is 1.